The number of aryl methyl sites for hydroxylation is 2. The zero-order valence-corrected chi connectivity index (χ0v) is 12.3. The minimum atomic E-state index is -0.717. The molecule has 0 spiro atoms. The number of hydrogen-bond donors (Lipinski definition) is 1. The molecule has 0 bridgehead atoms. The SMILES string of the molecule is CC1(O)CCCN(C(=O)c2cc3c(s2)CCCC3)C1. The summed E-state index contributed by atoms with van der Waals surface area (Å²) in [7, 11) is 0. The normalized spacial score (nSPS) is 27.2. The van der Waals surface area contributed by atoms with Crippen LogP contribution in [0.2, 0.25) is 0 Å². The first-order valence-electron chi connectivity index (χ1n) is 7.18. The van der Waals surface area contributed by atoms with E-state index in [9.17, 15) is 9.90 Å². The largest absolute Gasteiger partial charge is 0.388 e. The van der Waals surface area contributed by atoms with Crippen molar-refractivity contribution in [2.45, 2.75) is 51.0 Å². The lowest BCUT2D eigenvalue weighted by Gasteiger charge is -2.36. The molecule has 1 N–H and O–H groups in total. The number of thiophene rings is 1. The highest BCUT2D eigenvalue weighted by Crippen LogP contribution is 2.31. The van der Waals surface area contributed by atoms with Gasteiger partial charge in [0.15, 0.2) is 0 Å². The Bertz CT molecular complexity index is 469. The maximum absolute atomic E-state index is 12.5. The molecule has 19 heavy (non-hydrogen) atoms. The third-order valence-electron chi connectivity index (χ3n) is 4.17. The molecule has 1 fully saturated rings. The number of nitrogens with zero attached hydrogens (tertiary/aromatic N) is 1. The van der Waals surface area contributed by atoms with Gasteiger partial charge < -0.3 is 10.0 Å². The first kappa shape index (κ1) is 13.1. The van der Waals surface area contributed by atoms with E-state index in [0.29, 0.717) is 6.54 Å². The zero-order valence-electron chi connectivity index (χ0n) is 11.4. The number of β-amino-alcohol motifs (C(OH)–C–C–N with tert-alkyl or cyclic N) is 1. The molecule has 1 aliphatic heterocycles. The van der Waals surface area contributed by atoms with E-state index in [-0.39, 0.29) is 5.91 Å². The van der Waals surface area contributed by atoms with Crippen molar-refractivity contribution < 1.29 is 9.90 Å². The minimum absolute atomic E-state index is 0.111. The van der Waals surface area contributed by atoms with Gasteiger partial charge in [-0.1, -0.05) is 0 Å². The van der Waals surface area contributed by atoms with Gasteiger partial charge in [0.05, 0.1) is 10.5 Å². The van der Waals surface area contributed by atoms with Gasteiger partial charge >= 0.3 is 0 Å². The van der Waals surface area contributed by atoms with Crippen LogP contribution in [0.15, 0.2) is 6.07 Å². The van der Waals surface area contributed by atoms with Crippen LogP contribution in [0.25, 0.3) is 0 Å². The lowest BCUT2D eigenvalue weighted by Crippen LogP contribution is -2.48. The Morgan fingerprint density at radius 3 is 2.89 bits per heavy atom. The molecule has 0 saturated carbocycles. The van der Waals surface area contributed by atoms with Gasteiger partial charge in [-0.25, -0.2) is 0 Å². The van der Waals surface area contributed by atoms with Crippen LogP contribution in [0.3, 0.4) is 0 Å². The fourth-order valence-corrected chi connectivity index (χ4v) is 4.37. The minimum Gasteiger partial charge on any atom is -0.388 e. The van der Waals surface area contributed by atoms with Crippen molar-refractivity contribution in [3.05, 3.63) is 21.4 Å². The Hall–Kier alpha value is -0.870. The third kappa shape index (κ3) is 2.70. The van der Waals surface area contributed by atoms with E-state index < -0.39 is 5.60 Å². The summed E-state index contributed by atoms with van der Waals surface area (Å²) in [6.45, 7) is 3.07. The van der Waals surface area contributed by atoms with Crippen LogP contribution in [0.4, 0.5) is 0 Å². The van der Waals surface area contributed by atoms with E-state index in [0.717, 1.165) is 37.1 Å². The topological polar surface area (TPSA) is 40.5 Å². The second-order valence-electron chi connectivity index (χ2n) is 6.09. The maximum atomic E-state index is 12.5. The smallest absolute Gasteiger partial charge is 0.264 e. The van der Waals surface area contributed by atoms with Gasteiger partial charge in [0, 0.05) is 18.0 Å². The zero-order chi connectivity index (χ0) is 13.5. The number of carbonyl (C=O) groups is 1. The van der Waals surface area contributed by atoms with Crippen molar-refractivity contribution in [3.8, 4) is 0 Å². The van der Waals surface area contributed by atoms with Gasteiger partial charge in [-0.2, -0.15) is 0 Å². The first-order valence-corrected chi connectivity index (χ1v) is 8.00. The van der Waals surface area contributed by atoms with E-state index >= 15 is 0 Å². The van der Waals surface area contributed by atoms with Crippen molar-refractivity contribution >= 4 is 17.2 Å². The molecule has 3 rings (SSSR count). The molecular formula is C15H21NO2S. The lowest BCUT2D eigenvalue weighted by molar-refractivity contribution is -0.0105. The summed E-state index contributed by atoms with van der Waals surface area (Å²) in [5, 5.41) is 10.1. The fourth-order valence-electron chi connectivity index (χ4n) is 3.15. The molecular weight excluding hydrogens is 258 g/mol. The quantitative estimate of drug-likeness (QED) is 0.858. The second kappa shape index (κ2) is 4.91. The van der Waals surface area contributed by atoms with E-state index in [1.165, 1.54) is 23.3 Å². The Labute approximate surface area is 118 Å². The van der Waals surface area contributed by atoms with Crippen LogP contribution in [0.1, 0.15) is 52.7 Å². The number of carbonyl (C=O) groups excluding carboxylic acids is 1. The van der Waals surface area contributed by atoms with Crippen LogP contribution in [0.5, 0.6) is 0 Å². The van der Waals surface area contributed by atoms with Gasteiger partial charge in [0.25, 0.3) is 5.91 Å². The third-order valence-corrected chi connectivity index (χ3v) is 5.39. The Morgan fingerprint density at radius 1 is 1.37 bits per heavy atom. The summed E-state index contributed by atoms with van der Waals surface area (Å²) < 4.78 is 0. The molecule has 2 aliphatic rings. The van der Waals surface area contributed by atoms with Gasteiger partial charge in [0.1, 0.15) is 0 Å². The van der Waals surface area contributed by atoms with Crippen LogP contribution < -0.4 is 0 Å². The number of amides is 1. The molecule has 1 aromatic heterocycles. The van der Waals surface area contributed by atoms with E-state index in [1.54, 1.807) is 11.3 Å². The highest BCUT2D eigenvalue weighted by atomic mass is 32.1. The number of aliphatic hydroxyl groups is 1. The predicted molar refractivity (Wildman–Crippen MR) is 76.7 cm³/mol. The number of piperidine rings is 1. The molecule has 4 heteroatoms. The second-order valence-corrected chi connectivity index (χ2v) is 7.23. The summed E-state index contributed by atoms with van der Waals surface area (Å²) in [5.41, 5.74) is 0.661. The average molecular weight is 279 g/mol. The van der Waals surface area contributed by atoms with Gasteiger partial charge in [-0.15, -0.1) is 11.3 Å². The van der Waals surface area contributed by atoms with Crippen molar-refractivity contribution in [2.75, 3.05) is 13.1 Å². The Balaban J connectivity index is 1.78. The molecule has 0 radical (unpaired) electrons. The van der Waals surface area contributed by atoms with E-state index in [4.69, 9.17) is 0 Å². The molecule has 1 amide bonds. The van der Waals surface area contributed by atoms with Gasteiger partial charge in [-0.05, 0) is 57.1 Å². The summed E-state index contributed by atoms with van der Waals surface area (Å²) in [5.74, 6) is 0.111. The molecule has 3 nitrogen and oxygen atoms in total. The summed E-state index contributed by atoms with van der Waals surface area (Å²) >= 11 is 1.66. The highest BCUT2D eigenvalue weighted by molar-refractivity contribution is 7.14. The van der Waals surface area contributed by atoms with Crippen molar-refractivity contribution in [3.63, 3.8) is 0 Å². The number of likely N-dealkylation sites (tertiary alicyclic amines) is 1. The molecule has 0 aromatic carbocycles. The van der Waals surface area contributed by atoms with E-state index in [2.05, 4.69) is 6.07 Å². The van der Waals surface area contributed by atoms with Crippen molar-refractivity contribution in [1.29, 1.82) is 0 Å². The Kier molecular flexibility index (Phi) is 3.39. The van der Waals surface area contributed by atoms with Crippen LogP contribution in [-0.4, -0.2) is 34.6 Å². The number of rotatable bonds is 1. The van der Waals surface area contributed by atoms with Gasteiger partial charge in [-0.3, -0.25) is 4.79 Å². The average Bonchev–Trinajstić information content (AvgIpc) is 2.80. The predicted octanol–water partition coefficient (Wildman–Crippen LogP) is 2.61. The Morgan fingerprint density at radius 2 is 2.16 bits per heavy atom. The molecule has 1 aromatic rings. The molecule has 1 unspecified atom stereocenters. The van der Waals surface area contributed by atoms with E-state index in [1.807, 2.05) is 11.8 Å². The molecule has 2 heterocycles. The summed E-state index contributed by atoms with van der Waals surface area (Å²) in [6.07, 6.45) is 6.43. The van der Waals surface area contributed by atoms with Crippen LogP contribution >= 0.6 is 11.3 Å². The molecule has 104 valence electrons. The summed E-state index contributed by atoms with van der Waals surface area (Å²) in [4.78, 5) is 16.6. The highest BCUT2D eigenvalue weighted by Gasteiger charge is 2.32. The van der Waals surface area contributed by atoms with Gasteiger partial charge in [0.2, 0.25) is 0 Å². The lowest BCUT2D eigenvalue weighted by atomic mass is 9.95. The monoisotopic (exact) mass is 279 g/mol. The molecule has 1 saturated heterocycles. The first-order chi connectivity index (χ1) is 9.05. The molecule has 1 atom stereocenters. The van der Waals surface area contributed by atoms with Crippen molar-refractivity contribution in [2.24, 2.45) is 0 Å². The molecule has 1 aliphatic carbocycles. The summed E-state index contributed by atoms with van der Waals surface area (Å²) in [6, 6.07) is 2.09. The standard InChI is InChI=1S/C15H21NO2S/c1-15(18)7-4-8-16(10-15)14(17)13-9-11-5-2-3-6-12(11)19-13/h9,18H,2-8,10H2,1H3. The van der Waals surface area contributed by atoms with Crippen molar-refractivity contribution in [1.82, 2.24) is 4.90 Å². The number of fused-ring (bicyclic) bond motifs is 1. The number of hydrogen-bond acceptors (Lipinski definition) is 3. The van der Waals surface area contributed by atoms with Crippen LogP contribution in [-0.2, 0) is 12.8 Å². The fraction of sp³-hybridized carbons (Fsp3) is 0.667. The maximum Gasteiger partial charge on any atom is 0.264 e. The van der Waals surface area contributed by atoms with Crippen LogP contribution in [0, 0.1) is 0 Å².